The molecule has 0 amide bonds. The lowest BCUT2D eigenvalue weighted by Gasteiger charge is -2.14. The first-order valence-corrected chi connectivity index (χ1v) is 7.64. The van der Waals surface area contributed by atoms with Gasteiger partial charge in [-0.2, -0.15) is 0 Å². The van der Waals surface area contributed by atoms with Crippen LogP contribution in [0.1, 0.15) is 36.8 Å². The first-order chi connectivity index (χ1) is 9.20. The lowest BCUT2D eigenvalue weighted by molar-refractivity contribution is 0.0979. The Labute approximate surface area is 123 Å². The number of benzene rings is 1. The molecule has 1 aromatic carbocycles. The zero-order valence-corrected chi connectivity index (χ0v) is 12.9. The quantitative estimate of drug-likeness (QED) is 0.811. The molecule has 1 N–H and O–H groups in total. The normalized spacial score (nSPS) is 18.8. The summed E-state index contributed by atoms with van der Waals surface area (Å²) in [6.07, 6.45) is 4.84. The fourth-order valence-electron chi connectivity index (χ4n) is 2.48. The van der Waals surface area contributed by atoms with Crippen LogP contribution in [0.5, 0.6) is 5.75 Å². The molecule has 1 saturated heterocycles. The average Bonchev–Trinajstić information content (AvgIpc) is 2.89. The summed E-state index contributed by atoms with van der Waals surface area (Å²) >= 11 is 3.43. The van der Waals surface area contributed by atoms with E-state index in [1.165, 1.54) is 12.8 Å². The third-order valence-electron chi connectivity index (χ3n) is 3.43. The van der Waals surface area contributed by atoms with Gasteiger partial charge in [-0.15, -0.1) is 0 Å². The van der Waals surface area contributed by atoms with Crippen molar-refractivity contribution in [2.24, 2.45) is 0 Å². The van der Waals surface area contributed by atoms with Gasteiger partial charge in [0.1, 0.15) is 5.75 Å². The second-order valence-electron chi connectivity index (χ2n) is 4.99. The minimum Gasteiger partial charge on any atom is -0.493 e. The number of hydrogen-bond acceptors (Lipinski definition) is 3. The molecule has 0 aliphatic carbocycles. The molecular formula is C15H21BrO3. The molecule has 1 atom stereocenters. The van der Waals surface area contributed by atoms with Gasteiger partial charge in [0.2, 0.25) is 0 Å². The van der Waals surface area contributed by atoms with E-state index >= 15 is 0 Å². The standard InChI is InChI=1S/C15H21BrO3/c1-11-8-13(16)9-12(10-17)15(11)19-7-3-5-14-4-2-6-18-14/h8-9,14,17H,2-7,10H2,1H3. The molecule has 1 fully saturated rings. The van der Waals surface area contributed by atoms with Crippen LogP contribution in [-0.2, 0) is 11.3 Å². The third kappa shape index (κ3) is 4.20. The van der Waals surface area contributed by atoms with Gasteiger partial charge in [0.25, 0.3) is 0 Å². The Morgan fingerprint density at radius 3 is 3.00 bits per heavy atom. The van der Waals surface area contributed by atoms with Gasteiger partial charge in [-0.3, -0.25) is 0 Å². The van der Waals surface area contributed by atoms with Crippen molar-refractivity contribution >= 4 is 15.9 Å². The van der Waals surface area contributed by atoms with Crippen LogP contribution in [0.2, 0.25) is 0 Å². The molecule has 1 heterocycles. The maximum absolute atomic E-state index is 9.38. The Bertz CT molecular complexity index is 414. The van der Waals surface area contributed by atoms with Gasteiger partial charge in [-0.1, -0.05) is 15.9 Å². The van der Waals surface area contributed by atoms with Gasteiger partial charge in [0.05, 0.1) is 19.3 Å². The SMILES string of the molecule is Cc1cc(Br)cc(CO)c1OCCCC1CCCO1. The van der Waals surface area contributed by atoms with Crippen LogP contribution in [0, 0.1) is 6.92 Å². The lowest BCUT2D eigenvalue weighted by atomic mass is 10.1. The monoisotopic (exact) mass is 328 g/mol. The maximum atomic E-state index is 9.38. The molecule has 0 radical (unpaired) electrons. The van der Waals surface area contributed by atoms with E-state index in [9.17, 15) is 5.11 Å². The molecule has 1 unspecified atom stereocenters. The summed E-state index contributed by atoms with van der Waals surface area (Å²) in [6, 6.07) is 3.91. The maximum Gasteiger partial charge on any atom is 0.127 e. The molecule has 106 valence electrons. The van der Waals surface area contributed by atoms with Gasteiger partial charge < -0.3 is 14.6 Å². The molecule has 1 aliphatic heterocycles. The smallest absolute Gasteiger partial charge is 0.127 e. The summed E-state index contributed by atoms with van der Waals surface area (Å²) in [6.45, 7) is 3.59. The summed E-state index contributed by atoms with van der Waals surface area (Å²) in [5.74, 6) is 0.818. The Morgan fingerprint density at radius 2 is 2.32 bits per heavy atom. The fourth-order valence-corrected chi connectivity index (χ4v) is 3.10. The van der Waals surface area contributed by atoms with Crippen molar-refractivity contribution in [3.8, 4) is 5.75 Å². The van der Waals surface area contributed by atoms with E-state index in [2.05, 4.69) is 15.9 Å². The first kappa shape index (κ1) is 14.8. The van der Waals surface area contributed by atoms with Gasteiger partial charge in [0, 0.05) is 16.6 Å². The highest BCUT2D eigenvalue weighted by molar-refractivity contribution is 9.10. The Kier molecular flexibility index (Phi) is 5.67. The summed E-state index contributed by atoms with van der Waals surface area (Å²) in [4.78, 5) is 0. The fraction of sp³-hybridized carbons (Fsp3) is 0.600. The van der Waals surface area contributed by atoms with Crippen molar-refractivity contribution < 1.29 is 14.6 Å². The number of aliphatic hydroxyl groups excluding tert-OH is 1. The van der Waals surface area contributed by atoms with Crippen LogP contribution in [0.4, 0.5) is 0 Å². The highest BCUT2D eigenvalue weighted by Gasteiger charge is 2.15. The van der Waals surface area contributed by atoms with Gasteiger partial charge in [-0.25, -0.2) is 0 Å². The van der Waals surface area contributed by atoms with E-state index in [-0.39, 0.29) is 6.61 Å². The van der Waals surface area contributed by atoms with Crippen LogP contribution in [0.3, 0.4) is 0 Å². The summed E-state index contributed by atoms with van der Waals surface area (Å²) in [7, 11) is 0. The van der Waals surface area contributed by atoms with Crippen molar-refractivity contribution in [1.82, 2.24) is 0 Å². The number of aryl methyl sites for hydroxylation is 1. The minimum atomic E-state index is 0.00134. The molecule has 0 bridgehead atoms. The van der Waals surface area contributed by atoms with Crippen LogP contribution >= 0.6 is 15.9 Å². The van der Waals surface area contributed by atoms with E-state index in [1.807, 2.05) is 19.1 Å². The predicted octanol–water partition coefficient (Wildman–Crippen LogP) is 3.59. The summed E-state index contributed by atoms with van der Waals surface area (Å²) < 4.78 is 12.4. The van der Waals surface area contributed by atoms with Crippen molar-refractivity contribution in [3.05, 3.63) is 27.7 Å². The molecule has 0 spiro atoms. The second kappa shape index (κ2) is 7.27. The van der Waals surface area contributed by atoms with Crippen LogP contribution in [-0.4, -0.2) is 24.4 Å². The molecule has 1 aromatic rings. The van der Waals surface area contributed by atoms with E-state index in [1.54, 1.807) is 0 Å². The first-order valence-electron chi connectivity index (χ1n) is 6.85. The van der Waals surface area contributed by atoms with Crippen molar-refractivity contribution in [3.63, 3.8) is 0 Å². The summed E-state index contributed by atoms with van der Waals surface area (Å²) in [5.41, 5.74) is 1.89. The van der Waals surface area contributed by atoms with Crippen LogP contribution in [0.25, 0.3) is 0 Å². The molecule has 4 heteroatoms. The molecular weight excluding hydrogens is 308 g/mol. The molecule has 1 aliphatic rings. The Hall–Kier alpha value is -0.580. The second-order valence-corrected chi connectivity index (χ2v) is 5.91. The molecule has 0 saturated carbocycles. The van der Waals surface area contributed by atoms with Crippen LogP contribution < -0.4 is 4.74 Å². The van der Waals surface area contributed by atoms with Gasteiger partial charge in [0.15, 0.2) is 0 Å². The summed E-state index contributed by atoms with van der Waals surface area (Å²) in [5, 5.41) is 9.38. The van der Waals surface area contributed by atoms with E-state index in [0.29, 0.717) is 12.7 Å². The molecule has 3 nitrogen and oxygen atoms in total. The van der Waals surface area contributed by atoms with Gasteiger partial charge >= 0.3 is 0 Å². The Morgan fingerprint density at radius 1 is 1.47 bits per heavy atom. The van der Waals surface area contributed by atoms with Crippen molar-refractivity contribution in [2.45, 2.75) is 45.3 Å². The molecule has 2 rings (SSSR count). The number of rotatable bonds is 6. The number of ether oxygens (including phenoxy) is 2. The van der Waals surface area contributed by atoms with Gasteiger partial charge in [-0.05, 0) is 50.3 Å². The number of aliphatic hydroxyl groups is 1. The topological polar surface area (TPSA) is 38.7 Å². The highest BCUT2D eigenvalue weighted by Crippen LogP contribution is 2.28. The highest BCUT2D eigenvalue weighted by atomic mass is 79.9. The van der Waals surface area contributed by atoms with E-state index in [0.717, 1.165) is 40.8 Å². The zero-order chi connectivity index (χ0) is 13.7. The lowest BCUT2D eigenvalue weighted by Crippen LogP contribution is -2.08. The largest absolute Gasteiger partial charge is 0.493 e. The number of halogens is 1. The zero-order valence-electron chi connectivity index (χ0n) is 11.3. The van der Waals surface area contributed by atoms with Crippen molar-refractivity contribution in [2.75, 3.05) is 13.2 Å². The van der Waals surface area contributed by atoms with E-state index < -0.39 is 0 Å². The minimum absolute atomic E-state index is 0.00134. The van der Waals surface area contributed by atoms with Crippen molar-refractivity contribution in [1.29, 1.82) is 0 Å². The number of hydrogen-bond donors (Lipinski definition) is 1. The molecule has 0 aromatic heterocycles. The predicted molar refractivity (Wildman–Crippen MR) is 78.5 cm³/mol. The average molecular weight is 329 g/mol. The van der Waals surface area contributed by atoms with Crippen LogP contribution in [0.15, 0.2) is 16.6 Å². The molecule has 19 heavy (non-hydrogen) atoms. The third-order valence-corrected chi connectivity index (χ3v) is 3.89. The van der Waals surface area contributed by atoms with E-state index in [4.69, 9.17) is 9.47 Å². The Balaban J connectivity index is 1.84.